The molecule has 2 rings (SSSR count). The minimum Gasteiger partial charge on any atom is -0.389 e. The van der Waals surface area contributed by atoms with Crippen molar-refractivity contribution in [1.82, 2.24) is 4.98 Å². The highest BCUT2D eigenvalue weighted by molar-refractivity contribution is 7.80. The van der Waals surface area contributed by atoms with Crippen LogP contribution in [0.4, 0.5) is 5.69 Å². The van der Waals surface area contributed by atoms with Crippen molar-refractivity contribution in [3.63, 3.8) is 0 Å². The van der Waals surface area contributed by atoms with Crippen LogP contribution in [0.5, 0.6) is 0 Å². The largest absolute Gasteiger partial charge is 0.389 e. The van der Waals surface area contributed by atoms with Gasteiger partial charge in [0, 0.05) is 24.5 Å². The van der Waals surface area contributed by atoms with Gasteiger partial charge in [0.15, 0.2) is 0 Å². The van der Waals surface area contributed by atoms with Gasteiger partial charge in [-0.05, 0) is 45.1 Å². The summed E-state index contributed by atoms with van der Waals surface area (Å²) in [6.45, 7) is 8.52. The Morgan fingerprint density at radius 1 is 1.38 bits per heavy atom. The molecule has 1 saturated heterocycles. The summed E-state index contributed by atoms with van der Waals surface area (Å²) in [6, 6.07) is 2.14. The first-order valence-corrected chi connectivity index (χ1v) is 8.46. The van der Waals surface area contributed by atoms with E-state index in [0.717, 1.165) is 36.0 Å². The Morgan fingerprint density at radius 3 is 2.81 bits per heavy atom. The van der Waals surface area contributed by atoms with Gasteiger partial charge in [0.05, 0.1) is 11.3 Å². The molecule has 116 valence electrons. The van der Waals surface area contributed by atoms with E-state index in [1.807, 2.05) is 13.8 Å². The van der Waals surface area contributed by atoms with Crippen LogP contribution in [0.3, 0.4) is 0 Å². The van der Waals surface area contributed by atoms with E-state index in [9.17, 15) is 0 Å². The maximum atomic E-state index is 5.95. The minimum absolute atomic E-state index is 0.462. The molecule has 1 atom stereocenters. The lowest BCUT2D eigenvalue weighted by atomic mass is 9.96. The fraction of sp³-hybridized carbons (Fsp3) is 0.647. The first-order valence-electron chi connectivity index (χ1n) is 8.06. The van der Waals surface area contributed by atoms with Gasteiger partial charge in [0.2, 0.25) is 0 Å². The van der Waals surface area contributed by atoms with Crippen molar-refractivity contribution < 1.29 is 0 Å². The van der Waals surface area contributed by atoms with Crippen LogP contribution in [-0.2, 0) is 0 Å². The van der Waals surface area contributed by atoms with Crippen LogP contribution in [0.25, 0.3) is 0 Å². The highest BCUT2D eigenvalue weighted by atomic mass is 32.1. The maximum Gasteiger partial charge on any atom is 0.107 e. The Labute approximate surface area is 133 Å². The Kier molecular flexibility index (Phi) is 5.57. The predicted molar refractivity (Wildman–Crippen MR) is 94.1 cm³/mol. The Morgan fingerprint density at radius 2 is 2.14 bits per heavy atom. The molecule has 4 heteroatoms. The molecule has 0 aromatic carbocycles. The monoisotopic (exact) mass is 305 g/mol. The topological polar surface area (TPSA) is 42.2 Å². The molecule has 3 nitrogen and oxygen atoms in total. The second kappa shape index (κ2) is 7.21. The third-order valence-electron chi connectivity index (χ3n) is 4.44. The summed E-state index contributed by atoms with van der Waals surface area (Å²) in [4.78, 5) is 7.45. The molecule has 1 aromatic rings. The van der Waals surface area contributed by atoms with Crippen LogP contribution < -0.4 is 10.6 Å². The van der Waals surface area contributed by atoms with E-state index in [-0.39, 0.29) is 0 Å². The Bertz CT molecular complexity index is 513. The Hall–Kier alpha value is -1.16. The Balaban J connectivity index is 2.27. The molecule has 1 unspecified atom stereocenters. The number of hydrogen-bond donors (Lipinski definition) is 1. The van der Waals surface area contributed by atoms with Gasteiger partial charge in [-0.3, -0.25) is 4.98 Å². The summed E-state index contributed by atoms with van der Waals surface area (Å²) in [5, 5.41) is 0. The fourth-order valence-electron chi connectivity index (χ4n) is 3.47. The van der Waals surface area contributed by atoms with Gasteiger partial charge in [0.25, 0.3) is 0 Å². The van der Waals surface area contributed by atoms with Crippen LogP contribution in [0.2, 0.25) is 0 Å². The lowest BCUT2D eigenvalue weighted by molar-refractivity contribution is 0.435. The van der Waals surface area contributed by atoms with E-state index >= 15 is 0 Å². The van der Waals surface area contributed by atoms with Crippen molar-refractivity contribution in [3.8, 4) is 0 Å². The molecule has 0 saturated carbocycles. The fourth-order valence-corrected chi connectivity index (χ4v) is 3.72. The number of anilines is 1. The van der Waals surface area contributed by atoms with E-state index in [2.05, 4.69) is 22.9 Å². The average Bonchev–Trinajstić information content (AvgIpc) is 2.63. The second-order valence-electron chi connectivity index (χ2n) is 6.18. The zero-order valence-electron chi connectivity index (χ0n) is 13.5. The summed E-state index contributed by atoms with van der Waals surface area (Å²) in [6.07, 6.45) is 6.50. The van der Waals surface area contributed by atoms with Crippen molar-refractivity contribution in [1.29, 1.82) is 0 Å². The SMILES string of the molecule is CCCC1CCCN(c2cc(C)nc(C)c2C(N)=S)CC1. The molecular weight excluding hydrogens is 278 g/mol. The second-order valence-corrected chi connectivity index (χ2v) is 6.62. The summed E-state index contributed by atoms with van der Waals surface area (Å²) in [7, 11) is 0. The molecule has 1 fully saturated rings. The van der Waals surface area contributed by atoms with Gasteiger partial charge < -0.3 is 10.6 Å². The van der Waals surface area contributed by atoms with Crippen molar-refractivity contribution in [2.24, 2.45) is 11.7 Å². The first-order chi connectivity index (χ1) is 10.0. The number of nitrogens with zero attached hydrogens (tertiary/aromatic N) is 2. The third-order valence-corrected chi connectivity index (χ3v) is 4.64. The quantitative estimate of drug-likeness (QED) is 0.861. The van der Waals surface area contributed by atoms with Crippen molar-refractivity contribution in [2.45, 2.75) is 52.9 Å². The van der Waals surface area contributed by atoms with Crippen LogP contribution in [0.15, 0.2) is 6.07 Å². The lowest BCUT2D eigenvalue weighted by Crippen LogP contribution is -2.28. The number of nitrogens with two attached hydrogens (primary N) is 1. The zero-order chi connectivity index (χ0) is 15.4. The molecule has 2 N–H and O–H groups in total. The first kappa shape index (κ1) is 16.2. The maximum absolute atomic E-state index is 5.95. The highest BCUT2D eigenvalue weighted by Crippen LogP contribution is 2.29. The highest BCUT2D eigenvalue weighted by Gasteiger charge is 2.21. The summed E-state index contributed by atoms with van der Waals surface area (Å²) in [5.41, 5.74) is 10.1. The van der Waals surface area contributed by atoms with Gasteiger partial charge in [-0.2, -0.15) is 0 Å². The van der Waals surface area contributed by atoms with E-state index in [1.165, 1.54) is 37.8 Å². The van der Waals surface area contributed by atoms with E-state index < -0.39 is 0 Å². The molecule has 2 heterocycles. The molecular formula is C17H27N3S. The average molecular weight is 305 g/mol. The van der Waals surface area contributed by atoms with E-state index in [4.69, 9.17) is 18.0 Å². The van der Waals surface area contributed by atoms with Gasteiger partial charge >= 0.3 is 0 Å². The van der Waals surface area contributed by atoms with Crippen LogP contribution in [0, 0.1) is 19.8 Å². The number of thiocarbonyl (C=S) groups is 1. The summed E-state index contributed by atoms with van der Waals surface area (Å²) in [5.74, 6) is 0.873. The van der Waals surface area contributed by atoms with E-state index in [0.29, 0.717) is 4.99 Å². The normalized spacial score (nSPS) is 19.4. The van der Waals surface area contributed by atoms with Gasteiger partial charge in [0.1, 0.15) is 4.99 Å². The van der Waals surface area contributed by atoms with Crippen molar-refractivity contribution in [2.75, 3.05) is 18.0 Å². The summed E-state index contributed by atoms with van der Waals surface area (Å²) < 4.78 is 0. The molecule has 1 aliphatic rings. The number of aryl methyl sites for hydroxylation is 2. The minimum atomic E-state index is 0.462. The van der Waals surface area contributed by atoms with Gasteiger partial charge in [-0.1, -0.05) is 32.0 Å². The molecule has 0 aliphatic carbocycles. The molecule has 1 aliphatic heterocycles. The number of aromatic nitrogens is 1. The lowest BCUT2D eigenvalue weighted by Gasteiger charge is -2.26. The van der Waals surface area contributed by atoms with Crippen LogP contribution in [-0.4, -0.2) is 23.1 Å². The van der Waals surface area contributed by atoms with Crippen molar-refractivity contribution >= 4 is 22.9 Å². The molecule has 0 radical (unpaired) electrons. The number of pyridine rings is 1. The number of hydrogen-bond acceptors (Lipinski definition) is 3. The molecule has 1 aromatic heterocycles. The van der Waals surface area contributed by atoms with Crippen molar-refractivity contribution in [3.05, 3.63) is 23.0 Å². The standard InChI is InChI=1S/C17H27N3S/c1-4-6-14-7-5-9-20(10-8-14)15-11-12(2)19-13(3)16(15)17(18)21/h11,14H,4-10H2,1-3H3,(H2,18,21). The smallest absolute Gasteiger partial charge is 0.107 e. The molecule has 0 spiro atoms. The van der Waals surface area contributed by atoms with Gasteiger partial charge in [-0.15, -0.1) is 0 Å². The zero-order valence-corrected chi connectivity index (χ0v) is 14.3. The molecule has 0 amide bonds. The molecule has 21 heavy (non-hydrogen) atoms. The number of rotatable bonds is 4. The van der Waals surface area contributed by atoms with Gasteiger partial charge in [-0.25, -0.2) is 0 Å². The predicted octanol–water partition coefficient (Wildman–Crippen LogP) is 3.74. The molecule has 0 bridgehead atoms. The van der Waals surface area contributed by atoms with E-state index in [1.54, 1.807) is 0 Å². The third kappa shape index (κ3) is 3.94. The summed E-state index contributed by atoms with van der Waals surface area (Å²) >= 11 is 5.26. The van der Waals surface area contributed by atoms with Crippen LogP contribution >= 0.6 is 12.2 Å². The van der Waals surface area contributed by atoms with Crippen LogP contribution in [0.1, 0.15) is 56.0 Å².